The molecule has 2 rings (SSSR count). The van der Waals surface area contributed by atoms with Crippen molar-refractivity contribution in [2.75, 3.05) is 13.2 Å². The lowest BCUT2D eigenvalue weighted by Crippen LogP contribution is -2.31. The van der Waals surface area contributed by atoms with Gasteiger partial charge in [0.05, 0.1) is 29.1 Å². The van der Waals surface area contributed by atoms with Gasteiger partial charge in [0.2, 0.25) is 0 Å². The first-order chi connectivity index (χ1) is 8.29. The molecule has 1 aromatic rings. The summed E-state index contributed by atoms with van der Waals surface area (Å²) in [6.45, 7) is 7.41. The van der Waals surface area contributed by atoms with Gasteiger partial charge in [-0.3, -0.25) is 4.99 Å². The van der Waals surface area contributed by atoms with Gasteiger partial charge in [-0.2, -0.15) is 0 Å². The molecule has 1 aliphatic heterocycles. The molecule has 5 heteroatoms. The van der Waals surface area contributed by atoms with Crippen LogP contribution in [-0.4, -0.2) is 30.5 Å². The molecule has 1 aromatic heterocycles. The normalized spacial score (nSPS) is 16.5. The summed E-state index contributed by atoms with van der Waals surface area (Å²) in [5.74, 6) is 0. The van der Waals surface area contributed by atoms with Crippen molar-refractivity contribution >= 4 is 23.1 Å². The third-order valence-electron chi connectivity index (χ3n) is 2.13. The number of aliphatic imine (C=N–C) groups is 1. The van der Waals surface area contributed by atoms with Crippen molar-refractivity contribution in [2.45, 2.75) is 26.8 Å². The Morgan fingerprint density at radius 1 is 1.59 bits per heavy atom. The van der Waals surface area contributed by atoms with Crippen molar-refractivity contribution in [3.05, 3.63) is 22.3 Å². The lowest BCUT2D eigenvalue weighted by atomic mass is 10.2. The van der Waals surface area contributed by atoms with Gasteiger partial charge in [-0.05, 0) is 6.92 Å². The van der Waals surface area contributed by atoms with Gasteiger partial charge in [0.25, 0.3) is 0 Å². The highest BCUT2D eigenvalue weighted by Crippen LogP contribution is 2.19. The van der Waals surface area contributed by atoms with E-state index in [0.717, 1.165) is 28.7 Å². The first-order valence-electron chi connectivity index (χ1n) is 5.75. The lowest BCUT2D eigenvalue weighted by molar-refractivity contribution is 0.0136. The van der Waals surface area contributed by atoms with Crippen LogP contribution < -0.4 is 5.73 Å². The summed E-state index contributed by atoms with van der Waals surface area (Å²) < 4.78 is 5.04. The van der Waals surface area contributed by atoms with Gasteiger partial charge in [0.15, 0.2) is 0 Å². The highest BCUT2D eigenvalue weighted by atomic mass is 32.1. The van der Waals surface area contributed by atoms with E-state index in [2.05, 4.69) is 9.98 Å². The lowest BCUT2D eigenvalue weighted by Gasteiger charge is -2.21. The number of thiazole rings is 1. The Labute approximate surface area is 106 Å². The number of nitrogens with two attached hydrogens (primary N) is 1. The molecule has 0 aromatic carbocycles. The van der Waals surface area contributed by atoms with E-state index in [1.54, 1.807) is 23.8 Å². The molecule has 1 aliphatic rings. The maximum absolute atomic E-state index is 5.55. The predicted molar refractivity (Wildman–Crippen MR) is 73.5 cm³/mol. The zero-order valence-electron chi connectivity index (χ0n) is 10.5. The molecule has 4 nitrogen and oxygen atoms in total. The van der Waals surface area contributed by atoms with Gasteiger partial charge in [0, 0.05) is 24.2 Å². The number of nitrogens with zero attached hydrogens (tertiary/aromatic N) is 2. The fraction of sp³-hybridized carbons (Fsp3) is 0.500. The molecule has 0 atom stereocenters. The molecule has 2 N–H and O–H groups in total. The van der Waals surface area contributed by atoms with Gasteiger partial charge < -0.3 is 10.5 Å². The van der Waals surface area contributed by atoms with Crippen molar-refractivity contribution in [3.8, 4) is 0 Å². The van der Waals surface area contributed by atoms with Crippen molar-refractivity contribution in [1.29, 1.82) is 0 Å². The summed E-state index contributed by atoms with van der Waals surface area (Å²) in [5.41, 5.74) is 6.48. The maximum Gasteiger partial charge on any atom is 0.0966 e. The molecule has 2 heterocycles. The third-order valence-corrected chi connectivity index (χ3v) is 3.09. The number of hydrogen-bond acceptors (Lipinski definition) is 5. The Bertz CT molecular complexity index is 394. The monoisotopic (exact) mass is 253 g/mol. The highest BCUT2D eigenvalue weighted by molar-refractivity contribution is 7.13. The van der Waals surface area contributed by atoms with E-state index >= 15 is 0 Å². The zero-order chi connectivity index (χ0) is 12.7. The van der Waals surface area contributed by atoms with Crippen LogP contribution in [0, 0.1) is 6.92 Å². The largest absolute Gasteiger partial charge is 0.404 e. The summed E-state index contributed by atoms with van der Waals surface area (Å²) in [7, 11) is 0. The molecule has 0 aliphatic carbocycles. The average molecular weight is 253 g/mol. The minimum absolute atomic E-state index is 0.300. The van der Waals surface area contributed by atoms with Crippen LogP contribution >= 0.6 is 11.3 Å². The van der Waals surface area contributed by atoms with Crippen molar-refractivity contribution in [2.24, 2.45) is 10.7 Å². The molecule has 94 valence electrons. The number of aryl methyl sites for hydroxylation is 1. The van der Waals surface area contributed by atoms with E-state index in [0.29, 0.717) is 6.04 Å². The zero-order valence-corrected chi connectivity index (χ0v) is 11.3. The SMILES string of the molecule is CC.Cc1ncc(/C(C=NC2COC2)=C/N)s1. The van der Waals surface area contributed by atoms with Gasteiger partial charge in [0.1, 0.15) is 0 Å². The van der Waals surface area contributed by atoms with Crippen LogP contribution in [0.4, 0.5) is 0 Å². The van der Waals surface area contributed by atoms with Crippen LogP contribution in [0.5, 0.6) is 0 Å². The Morgan fingerprint density at radius 3 is 2.71 bits per heavy atom. The van der Waals surface area contributed by atoms with Gasteiger partial charge in [-0.1, -0.05) is 13.8 Å². The van der Waals surface area contributed by atoms with Crippen LogP contribution in [0.15, 0.2) is 17.4 Å². The third kappa shape index (κ3) is 3.94. The number of allylic oxidation sites excluding steroid dienone is 1. The van der Waals surface area contributed by atoms with Gasteiger partial charge in [-0.25, -0.2) is 4.98 Å². The van der Waals surface area contributed by atoms with Crippen molar-refractivity contribution in [1.82, 2.24) is 4.98 Å². The average Bonchev–Trinajstić information content (AvgIpc) is 2.71. The van der Waals surface area contributed by atoms with Crippen LogP contribution in [0.25, 0.3) is 5.57 Å². The molecule has 0 spiro atoms. The maximum atomic E-state index is 5.55. The quantitative estimate of drug-likeness (QED) is 0.840. The second-order valence-corrected chi connectivity index (χ2v) is 4.57. The van der Waals surface area contributed by atoms with E-state index in [1.165, 1.54) is 0 Å². The minimum atomic E-state index is 0.300. The second-order valence-electron chi connectivity index (χ2n) is 3.33. The smallest absolute Gasteiger partial charge is 0.0966 e. The Kier molecular flexibility index (Phi) is 5.86. The van der Waals surface area contributed by atoms with Crippen LogP contribution in [0.2, 0.25) is 0 Å². The Hall–Kier alpha value is -1.20. The molecule has 1 fully saturated rings. The van der Waals surface area contributed by atoms with Gasteiger partial charge >= 0.3 is 0 Å². The first kappa shape index (κ1) is 13.9. The minimum Gasteiger partial charge on any atom is -0.404 e. The molecule has 17 heavy (non-hydrogen) atoms. The highest BCUT2D eigenvalue weighted by Gasteiger charge is 2.16. The second kappa shape index (κ2) is 7.19. The molecular weight excluding hydrogens is 234 g/mol. The molecule has 0 saturated carbocycles. The molecule has 1 saturated heterocycles. The van der Waals surface area contributed by atoms with Crippen molar-refractivity contribution in [3.63, 3.8) is 0 Å². The van der Waals surface area contributed by atoms with Crippen LogP contribution in [0.1, 0.15) is 23.7 Å². The summed E-state index contributed by atoms with van der Waals surface area (Å²) in [5, 5.41) is 1.03. The fourth-order valence-corrected chi connectivity index (χ4v) is 1.95. The number of aromatic nitrogens is 1. The Morgan fingerprint density at radius 2 is 2.29 bits per heavy atom. The van der Waals surface area contributed by atoms with E-state index in [-0.39, 0.29) is 0 Å². The van der Waals surface area contributed by atoms with E-state index < -0.39 is 0 Å². The molecular formula is C12H19N3OS. The molecule has 0 unspecified atom stereocenters. The predicted octanol–water partition coefficient (Wildman–Crippen LogP) is 2.25. The summed E-state index contributed by atoms with van der Waals surface area (Å²) in [6, 6.07) is 0.300. The van der Waals surface area contributed by atoms with Crippen LogP contribution in [0.3, 0.4) is 0 Å². The number of ether oxygens (including phenoxy) is 1. The standard InChI is InChI=1S/C10H13N3OS.C2H6/c1-7-12-4-10(15-7)8(2-11)3-13-9-5-14-6-9;1-2/h2-4,9H,5-6,11H2,1H3;1-2H3/b8-2+,13-3?;. The van der Waals surface area contributed by atoms with E-state index in [4.69, 9.17) is 10.5 Å². The first-order valence-corrected chi connectivity index (χ1v) is 6.57. The molecule has 0 amide bonds. The summed E-state index contributed by atoms with van der Waals surface area (Å²) in [6.07, 6.45) is 5.19. The number of hydrogen-bond donors (Lipinski definition) is 1. The van der Waals surface area contributed by atoms with Crippen molar-refractivity contribution < 1.29 is 4.74 Å². The summed E-state index contributed by atoms with van der Waals surface area (Å²) >= 11 is 1.62. The topological polar surface area (TPSA) is 60.5 Å². The van der Waals surface area contributed by atoms with Crippen LogP contribution in [-0.2, 0) is 4.74 Å². The van der Waals surface area contributed by atoms with E-state index in [1.807, 2.05) is 27.0 Å². The molecule has 0 bridgehead atoms. The number of rotatable bonds is 3. The fourth-order valence-electron chi connectivity index (χ4n) is 1.18. The molecule has 0 radical (unpaired) electrons. The summed E-state index contributed by atoms with van der Waals surface area (Å²) in [4.78, 5) is 9.60. The van der Waals surface area contributed by atoms with Gasteiger partial charge in [-0.15, -0.1) is 11.3 Å². The van der Waals surface area contributed by atoms with E-state index in [9.17, 15) is 0 Å². The Balaban J connectivity index is 0.000000686.